The van der Waals surface area contributed by atoms with Crippen LogP contribution in [0.3, 0.4) is 0 Å². The van der Waals surface area contributed by atoms with Crippen LogP contribution in [0.5, 0.6) is 0 Å². The topological polar surface area (TPSA) is 167 Å². The molecule has 3 rings (SSSR count). The summed E-state index contributed by atoms with van der Waals surface area (Å²) in [6.07, 6.45) is 0. The maximum absolute atomic E-state index is 12.6. The van der Waals surface area contributed by atoms with E-state index in [1.54, 1.807) is 0 Å². The highest BCUT2D eigenvalue weighted by Gasteiger charge is 2.19. The molecular formula is C16H14N4O6S. The second kappa shape index (κ2) is 6.29. The number of nitrogens with zero attached hydrogens (tertiary/aromatic N) is 1. The summed E-state index contributed by atoms with van der Waals surface area (Å²) >= 11 is 0. The number of nitrogens with one attached hydrogen (secondary N) is 1. The third-order valence-electron chi connectivity index (χ3n) is 3.83. The molecule has 0 aliphatic carbocycles. The van der Waals surface area contributed by atoms with Gasteiger partial charge in [0.1, 0.15) is 0 Å². The van der Waals surface area contributed by atoms with Gasteiger partial charge in [-0.15, -0.1) is 0 Å². The number of carbonyl (C=O) groups excluding carboxylic acids is 2. The number of oxazole rings is 1. The van der Waals surface area contributed by atoms with Gasteiger partial charge < -0.3 is 15.9 Å². The number of carbonyl (C=O) groups is 2. The van der Waals surface area contributed by atoms with Crippen LogP contribution in [0.15, 0.2) is 50.5 Å². The van der Waals surface area contributed by atoms with Gasteiger partial charge in [0.25, 0.3) is 10.0 Å². The maximum Gasteiger partial charge on any atom is 0.419 e. The van der Waals surface area contributed by atoms with Gasteiger partial charge in [-0.2, -0.15) is 0 Å². The third-order valence-corrected chi connectivity index (χ3v) is 5.21. The summed E-state index contributed by atoms with van der Waals surface area (Å²) in [6, 6.07) is 7.40. The molecule has 0 bridgehead atoms. The second-order valence-electron chi connectivity index (χ2n) is 5.69. The molecule has 27 heavy (non-hydrogen) atoms. The maximum atomic E-state index is 12.6. The molecule has 10 nitrogen and oxygen atoms in total. The first kappa shape index (κ1) is 18.2. The van der Waals surface area contributed by atoms with Crippen molar-refractivity contribution >= 4 is 38.6 Å². The third kappa shape index (κ3) is 3.40. The fourth-order valence-electron chi connectivity index (χ4n) is 2.47. The molecule has 2 aromatic carbocycles. The summed E-state index contributed by atoms with van der Waals surface area (Å²) in [7, 11) is -2.63. The number of aryl methyl sites for hydroxylation is 1. The van der Waals surface area contributed by atoms with Gasteiger partial charge >= 0.3 is 5.76 Å². The number of aromatic nitrogens is 1. The second-order valence-corrected chi connectivity index (χ2v) is 7.37. The highest BCUT2D eigenvalue weighted by Crippen LogP contribution is 2.22. The number of fused-ring (bicyclic) bond motifs is 1. The van der Waals surface area contributed by atoms with Crippen molar-refractivity contribution in [3.63, 3.8) is 0 Å². The molecule has 1 aromatic heterocycles. The molecule has 5 N–H and O–H groups in total. The summed E-state index contributed by atoms with van der Waals surface area (Å²) in [5.41, 5.74) is 10.6. The summed E-state index contributed by atoms with van der Waals surface area (Å²) in [5.74, 6) is -2.34. The Bertz CT molecular complexity index is 1220. The van der Waals surface area contributed by atoms with Gasteiger partial charge in [0, 0.05) is 24.2 Å². The number of benzene rings is 2. The molecule has 1 heterocycles. The van der Waals surface area contributed by atoms with E-state index in [-0.39, 0.29) is 27.3 Å². The van der Waals surface area contributed by atoms with Gasteiger partial charge in [-0.25, -0.2) is 13.2 Å². The van der Waals surface area contributed by atoms with Crippen molar-refractivity contribution in [2.75, 3.05) is 4.72 Å². The lowest BCUT2D eigenvalue weighted by Crippen LogP contribution is -2.18. The lowest BCUT2D eigenvalue weighted by atomic mass is 10.1. The zero-order valence-electron chi connectivity index (χ0n) is 13.9. The Morgan fingerprint density at radius 2 is 1.63 bits per heavy atom. The van der Waals surface area contributed by atoms with Gasteiger partial charge in [0.05, 0.1) is 16.1 Å². The van der Waals surface area contributed by atoms with Crippen LogP contribution < -0.4 is 21.9 Å². The summed E-state index contributed by atoms with van der Waals surface area (Å²) in [5, 5.41) is 0. The smallest absolute Gasteiger partial charge is 0.408 e. The van der Waals surface area contributed by atoms with Crippen molar-refractivity contribution in [2.24, 2.45) is 18.5 Å². The Balaban J connectivity index is 2.05. The minimum atomic E-state index is -4.12. The molecular weight excluding hydrogens is 376 g/mol. The number of hydrogen-bond donors (Lipinski definition) is 3. The first-order valence-electron chi connectivity index (χ1n) is 7.45. The van der Waals surface area contributed by atoms with E-state index in [1.165, 1.54) is 41.9 Å². The SMILES string of the molecule is Cn1c(=O)oc2cc(S(=O)(=O)Nc3cc(C(N)=O)cc(C(N)=O)c3)ccc21. The standard InChI is InChI=1S/C16H14N4O6S/c1-20-12-3-2-11(7-13(12)26-16(20)23)27(24,25)19-10-5-8(14(17)21)4-9(6-10)15(18)22/h2-7,19H,1H3,(H2,17,21)(H2,18,22). The van der Waals surface area contributed by atoms with Crippen molar-refractivity contribution in [2.45, 2.75) is 4.90 Å². The van der Waals surface area contributed by atoms with Crippen molar-refractivity contribution in [3.8, 4) is 0 Å². The van der Waals surface area contributed by atoms with Crippen LogP contribution in [0.25, 0.3) is 11.1 Å². The highest BCUT2D eigenvalue weighted by atomic mass is 32.2. The van der Waals surface area contributed by atoms with Gasteiger partial charge in [-0.1, -0.05) is 0 Å². The predicted octanol–water partition coefficient (Wildman–Crippen LogP) is 0.130. The number of anilines is 1. The number of amides is 2. The first-order chi connectivity index (χ1) is 12.6. The van der Waals surface area contributed by atoms with Crippen LogP contribution in [0, 0.1) is 0 Å². The minimum Gasteiger partial charge on any atom is -0.408 e. The Labute approximate surface area is 152 Å². The van der Waals surface area contributed by atoms with Crippen LogP contribution in [0.2, 0.25) is 0 Å². The van der Waals surface area contributed by atoms with E-state index >= 15 is 0 Å². The Kier molecular flexibility index (Phi) is 4.24. The van der Waals surface area contributed by atoms with Crippen molar-refractivity contribution < 1.29 is 22.4 Å². The number of sulfonamides is 1. The van der Waals surface area contributed by atoms with Crippen LogP contribution in [-0.2, 0) is 17.1 Å². The van der Waals surface area contributed by atoms with Gasteiger partial charge in [0.2, 0.25) is 11.8 Å². The summed E-state index contributed by atoms with van der Waals surface area (Å²) in [4.78, 5) is 34.1. The Morgan fingerprint density at radius 1 is 1.04 bits per heavy atom. The fourth-order valence-corrected chi connectivity index (χ4v) is 3.52. The van der Waals surface area contributed by atoms with Crippen molar-refractivity contribution in [1.82, 2.24) is 4.57 Å². The molecule has 0 atom stereocenters. The molecule has 0 radical (unpaired) electrons. The number of primary amides is 2. The molecule has 3 aromatic rings. The van der Waals surface area contributed by atoms with E-state index < -0.39 is 27.6 Å². The Hall–Kier alpha value is -3.60. The van der Waals surface area contributed by atoms with E-state index in [9.17, 15) is 22.8 Å². The molecule has 0 unspecified atom stereocenters. The first-order valence-corrected chi connectivity index (χ1v) is 8.94. The fraction of sp³-hybridized carbons (Fsp3) is 0.0625. The molecule has 0 saturated carbocycles. The van der Waals surface area contributed by atoms with Crippen molar-refractivity contribution in [3.05, 3.63) is 58.1 Å². The van der Waals surface area contributed by atoms with Gasteiger partial charge in [-0.05, 0) is 30.3 Å². The van der Waals surface area contributed by atoms with Crippen molar-refractivity contribution in [1.29, 1.82) is 0 Å². The van der Waals surface area contributed by atoms with E-state index in [1.807, 2.05) is 0 Å². The van der Waals surface area contributed by atoms with Crippen LogP contribution >= 0.6 is 0 Å². The van der Waals surface area contributed by atoms with E-state index in [4.69, 9.17) is 15.9 Å². The van der Waals surface area contributed by atoms with Crippen LogP contribution in [0.1, 0.15) is 20.7 Å². The number of rotatable bonds is 5. The largest absolute Gasteiger partial charge is 0.419 e. The zero-order chi connectivity index (χ0) is 19.9. The molecule has 0 fully saturated rings. The van der Waals surface area contributed by atoms with Crippen LogP contribution in [0.4, 0.5) is 5.69 Å². The average Bonchev–Trinajstić information content (AvgIpc) is 2.88. The quantitative estimate of drug-likeness (QED) is 0.559. The lowest BCUT2D eigenvalue weighted by Gasteiger charge is -2.10. The highest BCUT2D eigenvalue weighted by molar-refractivity contribution is 7.92. The Morgan fingerprint density at radius 3 is 2.19 bits per heavy atom. The molecule has 0 aliphatic rings. The lowest BCUT2D eigenvalue weighted by molar-refractivity contribution is 0.0999. The molecule has 11 heteroatoms. The van der Waals surface area contributed by atoms with E-state index in [2.05, 4.69) is 4.72 Å². The van der Waals surface area contributed by atoms with Gasteiger partial charge in [0.15, 0.2) is 5.58 Å². The normalized spacial score (nSPS) is 11.4. The number of nitrogens with two attached hydrogens (primary N) is 2. The van der Waals surface area contributed by atoms with Gasteiger partial charge in [-0.3, -0.25) is 18.9 Å². The minimum absolute atomic E-state index is 0.0743. The molecule has 0 saturated heterocycles. The number of hydrogen-bond acceptors (Lipinski definition) is 6. The molecule has 2 amide bonds. The van der Waals surface area contributed by atoms with E-state index in [0.717, 1.165) is 6.07 Å². The molecule has 140 valence electrons. The van der Waals surface area contributed by atoms with E-state index in [0.29, 0.717) is 5.52 Å². The zero-order valence-corrected chi connectivity index (χ0v) is 14.7. The summed E-state index contributed by atoms with van der Waals surface area (Å²) in [6.45, 7) is 0. The average molecular weight is 390 g/mol. The van der Waals surface area contributed by atoms with Crippen LogP contribution in [-0.4, -0.2) is 24.8 Å². The molecule has 0 spiro atoms. The predicted molar refractivity (Wildman–Crippen MR) is 95.7 cm³/mol. The summed E-state index contributed by atoms with van der Waals surface area (Å²) < 4.78 is 33.7. The monoisotopic (exact) mass is 390 g/mol. The molecule has 0 aliphatic heterocycles.